The summed E-state index contributed by atoms with van der Waals surface area (Å²) in [5, 5.41) is 1.13. The van der Waals surface area contributed by atoms with E-state index in [9.17, 15) is 4.79 Å². The van der Waals surface area contributed by atoms with Gasteiger partial charge in [-0.25, -0.2) is 0 Å². The van der Waals surface area contributed by atoms with E-state index in [1.54, 1.807) is 0 Å². The fraction of sp³-hybridized carbons (Fsp3) is 0.741. The van der Waals surface area contributed by atoms with Gasteiger partial charge in [-0.2, -0.15) is 0 Å². The number of hydrogen-bond donors (Lipinski definition) is 0. The van der Waals surface area contributed by atoms with E-state index in [0.717, 1.165) is 13.1 Å². The second-order valence-electron chi connectivity index (χ2n) is 11.7. The van der Waals surface area contributed by atoms with Gasteiger partial charge in [-0.15, -0.1) is 23.5 Å². The fourth-order valence-corrected chi connectivity index (χ4v) is 6.83. The first-order valence-electron chi connectivity index (χ1n) is 12.1. The maximum Gasteiger partial charge on any atom is 0.232 e. The molecule has 0 radical (unpaired) electrons. The summed E-state index contributed by atoms with van der Waals surface area (Å²) < 4.78 is 0. The Morgan fingerprint density at radius 2 is 1.41 bits per heavy atom. The maximum absolute atomic E-state index is 12.7. The van der Waals surface area contributed by atoms with Crippen LogP contribution in [0.25, 0.3) is 0 Å². The lowest BCUT2D eigenvalue weighted by Crippen LogP contribution is -2.35. The number of rotatable bonds is 8. The number of carbonyl (C=O) groups excluding carboxylic acids is 1. The van der Waals surface area contributed by atoms with Crippen molar-refractivity contribution in [1.82, 2.24) is 9.80 Å². The molecule has 2 rings (SSSR count). The van der Waals surface area contributed by atoms with Crippen molar-refractivity contribution < 1.29 is 4.79 Å². The third-order valence-electron chi connectivity index (χ3n) is 6.30. The van der Waals surface area contributed by atoms with E-state index in [4.69, 9.17) is 0 Å². The van der Waals surface area contributed by atoms with Crippen molar-refractivity contribution in [3.05, 3.63) is 29.3 Å². The van der Waals surface area contributed by atoms with Crippen LogP contribution >= 0.6 is 23.5 Å². The van der Waals surface area contributed by atoms with E-state index in [-0.39, 0.29) is 16.7 Å². The molecule has 0 aromatic heterocycles. The molecule has 1 saturated carbocycles. The number of benzene rings is 1. The summed E-state index contributed by atoms with van der Waals surface area (Å²) >= 11 is 3.94. The summed E-state index contributed by atoms with van der Waals surface area (Å²) in [7, 11) is 6.04. The number of thioether (sulfide) groups is 2. The lowest BCUT2D eigenvalue weighted by atomic mass is 9.81. The van der Waals surface area contributed by atoms with Crippen molar-refractivity contribution in [2.75, 3.05) is 40.0 Å². The second-order valence-corrected chi connectivity index (χ2v) is 14.2. The van der Waals surface area contributed by atoms with Crippen LogP contribution in [0, 0.1) is 0 Å². The Balaban J connectivity index is 2.10. The first kappa shape index (κ1) is 27.6. The van der Waals surface area contributed by atoms with Crippen LogP contribution in [0.5, 0.6) is 0 Å². The number of hydrogen-bond acceptors (Lipinski definition) is 4. The average Bonchev–Trinajstić information content (AvgIpc) is 2.69. The van der Waals surface area contributed by atoms with Crippen LogP contribution in [0.2, 0.25) is 0 Å². The Kier molecular flexibility index (Phi) is 10.1. The maximum atomic E-state index is 12.7. The zero-order chi connectivity index (χ0) is 24.1. The Morgan fingerprint density at radius 3 is 1.91 bits per heavy atom. The zero-order valence-corrected chi connectivity index (χ0v) is 23.6. The molecular weight excluding hydrogens is 432 g/mol. The Morgan fingerprint density at radius 1 is 0.875 bits per heavy atom. The van der Waals surface area contributed by atoms with Crippen LogP contribution in [0.1, 0.15) is 78.4 Å². The normalized spacial score (nSPS) is 19.9. The molecule has 1 fully saturated rings. The van der Waals surface area contributed by atoms with E-state index in [1.165, 1.54) is 41.7 Å². The predicted octanol–water partition coefficient (Wildman–Crippen LogP) is 6.44. The monoisotopic (exact) mass is 478 g/mol. The average molecular weight is 479 g/mol. The van der Waals surface area contributed by atoms with Crippen molar-refractivity contribution in [2.24, 2.45) is 0 Å². The molecule has 1 aliphatic carbocycles. The summed E-state index contributed by atoms with van der Waals surface area (Å²) in [4.78, 5) is 18.1. The molecule has 5 heteroatoms. The van der Waals surface area contributed by atoms with Crippen LogP contribution in [0.15, 0.2) is 23.1 Å². The largest absolute Gasteiger partial charge is 0.344 e. The molecule has 0 N–H and O–H groups in total. The van der Waals surface area contributed by atoms with Crippen molar-refractivity contribution >= 4 is 29.4 Å². The quantitative estimate of drug-likeness (QED) is 0.429. The van der Waals surface area contributed by atoms with Gasteiger partial charge in [0, 0.05) is 35.5 Å². The standard InChI is InChI=1S/C27H46N2OS2/c1-26(2,3)20-16-21(27(4,5)6)18-22(17-20)32-24-13-11-10-12-23(24)31-19-25(30)29(9)15-14-28(7)8/h16-18,23-24H,10-15,19H2,1-9H3. The van der Waals surface area contributed by atoms with E-state index in [0.29, 0.717) is 16.3 Å². The van der Waals surface area contributed by atoms with Crippen LogP contribution in [0.3, 0.4) is 0 Å². The number of amides is 1. The first-order valence-corrected chi connectivity index (χ1v) is 14.0. The summed E-state index contributed by atoms with van der Waals surface area (Å²) in [6, 6.07) is 7.23. The van der Waals surface area contributed by atoms with Gasteiger partial charge in [0.1, 0.15) is 0 Å². The molecule has 3 nitrogen and oxygen atoms in total. The number of carbonyl (C=O) groups is 1. The van der Waals surface area contributed by atoms with Gasteiger partial charge < -0.3 is 9.80 Å². The molecule has 2 atom stereocenters. The molecule has 1 aromatic rings. The first-order chi connectivity index (χ1) is 14.8. The topological polar surface area (TPSA) is 23.6 Å². The lowest BCUT2D eigenvalue weighted by Gasteiger charge is -2.32. The minimum atomic E-state index is 0.140. The van der Waals surface area contributed by atoms with Crippen molar-refractivity contribution in [1.29, 1.82) is 0 Å². The van der Waals surface area contributed by atoms with E-state index in [2.05, 4.69) is 90.5 Å². The van der Waals surface area contributed by atoms with E-state index < -0.39 is 0 Å². The summed E-state index contributed by atoms with van der Waals surface area (Å²) in [5.74, 6) is 0.858. The van der Waals surface area contributed by atoms with Gasteiger partial charge >= 0.3 is 0 Å². The fourth-order valence-electron chi connectivity index (χ4n) is 3.86. The SMILES string of the molecule is CN(C)CCN(C)C(=O)CSC1CCCCC1Sc1cc(C(C)(C)C)cc(C(C)(C)C)c1. The number of nitrogens with zero attached hydrogens (tertiary/aromatic N) is 2. The molecule has 1 aromatic carbocycles. The molecule has 0 bridgehead atoms. The molecule has 0 spiro atoms. The highest BCUT2D eigenvalue weighted by Crippen LogP contribution is 2.42. The van der Waals surface area contributed by atoms with Crippen LogP contribution in [0.4, 0.5) is 0 Å². The lowest BCUT2D eigenvalue weighted by molar-refractivity contribution is -0.127. The molecule has 0 heterocycles. The molecule has 1 aliphatic rings. The minimum Gasteiger partial charge on any atom is -0.344 e. The molecule has 0 aliphatic heterocycles. The van der Waals surface area contributed by atoms with Gasteiger partial charge in [0.15, 0.2) is 0 Å². The Labute approximate surface area is 206 Å². The highest BCUT2D eigenvalue weighted by molar-refractivity contribution is 8.04. The van der Waals surface area contributed by atoms with Crippen molar-refractivity contribution in [3.8, 4) is 0 Å². The number of likely N-dealkylation sites (N-methyl/N-ethyl adjacent to an activating group) is 2. The van der Waals surface area contributed by atoms with E-state index >= 15 is 0 Å². The van der Waals surface area contributed by atoms with Gasteiger partial charge in [-0.1, -0.05) is 60.5 Å². The molecule has 1 amide bonds. The third kappa shape index (κ3) is 8.61. The van der Waals surface area contributed by atoms with Gasteiger partial charge in [-0.3, -0.25) is 4.79 Å². The highest BCUT2D eigenvalue weighted by Gasteiger charge is 2.29. The summed E-state index contributed by atoms with van der Waals surface area (Å²) in [6.45, 7) is 15.5. The molecular formula is C27H46N2OS2. The van der Waals surface area contributed by atoms with Crippen LogP contribution in [-0.4, -0.2) is 66.2 Å². The van der Waals surface area contributed by atoms with Gasteiger partial charge in [0.2, 0.25) is 5.91 Å². The Hall–Kier alpha value is -0.650. The predicted molar refractivity (Wildman–Crippen MR) is 144 cm³/mol. The smallest absolute Gasteiger partial charge is 0.232 e. The minimum absolute atomic E-state index is 0.140. The van der Waals surface area contributed by atoms with Crippen LogP contribution < -0.4 is 0 Å². The highest BCUT2D eigenvalue weighted by atomic mass is 32.2. The second kappa shape index (κ2) is 11.7. The van der Waals surface area contributed by atoms with Gasteiger partial charge in [0.25, 0.3) is 0 Å². The molecule has 2 unspecified atom stereocenters. The third-order valence-corrected chi connectivity index (χ3v) is 9.25. The van der Waals surface area contributed by atoms with Gasteiger partial charge in [0.05, 0.1) is 5.75 Å². The van der Waals surface area contributed by atoms with Gasteiger partial charge in [-0.05, 0) is 61.0 Å². The molecule has 32 heavy (non-hydrogen) atoms. The van der Waals surface area contributed by atoms with Crippen molar-refractivity contribution in [2.45, 2.75) is 93.5 Å². The van der Waals surface area contributed by atoms with Crippen molar-refractivity contribution in [3.63, 3.8) is 0 Å². The molecule has 0 saturated heterocycles. The summed E-state index contributed by atoms with van der Waals surface area (Å²) in [6.07, 6.45) is 5.06. The molecule has 182 valence electrons. The zero-order valence-electron chi connectivity index (χ0n) is 22.0. The van der Waals surface area contributed by atoms with Crippen LogP contribution in [-0.2, 0) is 15.6 Å². The summed E-state index contributed by atoms with van der Waals surface area (Å²) in [5.41, 5.74) is 3.12. The Bertz CT molecular complexity index is 717. The van der Waals surface area contributed by atoms with E-state index in [1.807, 2.05) is 23.7 Å².